The van der Waals surface area contributed by atoms with Gasteiger partial charge in [0.1, 0.15) is 5.76 Å². The number of hydrogen-bond donors (Lipinski definition) is 0. The van der Waals surface area contributed by atoms with Gasteiger partial charge in [-0.15, -0.1) is 0 Å². The van der Waals surface area contributed by atoms with Crippen LogP contribution in [0.25, 0.3) is 0 Å². The maximum atomic E-state index is 13.1. The van der Waals surface area contributed by atoms with E-state index in [1.54, 1.807) is 19.3 Å². The number of aryl methyl sites for hydroxylation is 1. The number of likely N-dealkylation sites (tertiary alicyclic amines) is 1. The van der Waals surface area contributed by atoms with E-state index in [1.165, 1.54) is 11.1 Å². The first-order valence-corrected chi connectivity index (χ1v) is 9.32. The Bertz CT molecular complexity index is 826. The SMILES string of the molecule is Cc1occc1C(=O)N1CCC[C@H](C(=O)N2CCc3ccccc3C2)C1. The third-order valence-electron chi connectivity index (χ3n) is 5.59. The smallest absolute Gasteiger partial charge is 0.257 e. The van der Waals surface area contributed by atoms with Gasteiger partial charge in [0, 0.05) is 26.2 Å². The Morgan fingerprint density at radius 3 is 2.65 bits per heavy atom. The Balaban J connectivity index is 1.44. The number of carbonyl (C=O) groups excluding carboxylic acids is 2. The minimum absolute atomic E-state index is 0.0299. The van der Waals surface area contributed by atoms with Crippen molar-refractivity contribution in [1.29, 1.82) is 0 Å². The van der Waals surface area contributed by atoms with Crippen molar-refractivity contribution < 1.29 is 14.0 Å². The van der Waals surface area contributed by atoms with Gasteiger partial charge in [-0.1, -0.05) is 24.3 Å². The summed E-state index contributed by atoms with van der Waals surface area (Å²) in [6.45, 7) is 4.45. The highest BCUT2D eigenvalue weighted by molar-refractivity contribution is 5.95. The number of hydrogen-bond acceptors (Lipinski definition) is 3. The highest BCUT2D eigenvalue weighted by Crippen LogP contribution is 2.25. The molecule has 2 aliphatic rings. The summed E-state index contributed by atoms with van der Waals surface area (Å²) in [5.41, 5.74) is 3.18. The zero-order valence-electron chi connectivity index (χ0n) is 15.1. The topological polar surface area (TPSA) is 53.8 Å². The van der Waals surface area contributed by atoms with Gasteiger partial charge in [0.05, 0.1) is 17.7 Å². The number of carbonyl (C=O) groups is 2. The number of benzene rings is 1. The molecular weight excluding hydrogens is 328 g/mol. The number of nitrogens with zero attached hydrogens (tertiary/aromatic N) is 2. The molecule has 0 bridgehead atoms. The van der Waals surface area contributed by atoms with Crippen LogP contribution in [0.5, 0.6) is 0 Å². The van der Waals surface area contributed by atoms with Crippen LogP contribution in [0.4, 0.5) is 0 Å². The summed E-state index contributed by atoms with van der Waals surface area (Å²) >= 11 is 0. The van der Waals surface area contributed by atoms with Gasteiger partial charge in [-0.2, -0.15) is 0 Å². The molecule has 0 saturated carbocycles. The molecule has 0 radical (unpaired) electrons. The van der Waals surface area contributed by atoms with E-state index in [-0.39, 0.29) is 17.7 Å². The van der Waals surface area contributed by atoms with Crippen molar-refractivity contribution in [2.24, 2.45) is 5.92 Å². The van der Waals surface area contributed by atoms with Crippen molar-refractivity contribution in [3.63, 3.8) is 0 Å². The second-order valence-corrected chi connectivity index (χ2v) is 7.26. The zero-order chi connectivity index (χ0) is 18.1. The monoisotopic (exact) mass is 352 g/mol. The number of piperidine rings is 1. The molecule has 0 unspecified atom stereocenters. The molecule has 2 aromatic rings. The minimum Gasteiger partial charge on any atom is -0.469 e. The molecule has 1 fully saturated rings. The summed E-state index contributed by atoms with van der Waals surface area (Å²) in [5, 5.41) is 0. The zero-order valence-corrected chi connectivity index (χ0v) is 15.1. The van der Waals surface area contributed by atoms with E-state index in [4.69, 9.17) is 4.42 Å². The second kappa shape index (κ2) is 6.98. The molecule has 2 amide bonds. The summed E-state index contributed by atoms with van der Waals surface area (Å²) in [6.07, 6.45) is 4.17. The molecule has 1 aromatic carbocycles. The fourth-order valence-electron chi connectivity index (χ4n) is 4.08. The van der Waals surface area contributed by atoms with Gasteiger partial charge >= 0.3 is 0 Å². The van der Waals surface area contributed by atoms with Crippen LogP contribution in [0.15, 0.2) is 41.0 Å². The van der Waals surface area contributed by atoms with Gasteiger partial charge < -0.3 is 14.2 Å². The fourth-order valence-corrected chi connectivity index (χ4v) is 4.08. The largest absolute Gasteiger partial charge is 0.469 e. The maximum Gasteiger partial charge on any atom is 0.257 e. The van der Waals surface area contributed by atoms with Crippen molar-refractivity contribution >= 4 is 11.8 Å². The number of rotatable bonds is 2. The molecule has 5 heteroatoms. The second-order valence-electron chi connectivity index (χ2n) is 7.26. The first kappa shape index (κ1) is 16.9. The lowest BCUT2D eigenvalue weighted by Gasteiger charge is -2.36. The Morgan fingerprint density at radius 1 is 1.08 bits per heavy atom. The van der Waals surface area contributed by atoms with Crippen LogP contribution >= 0.6 is 0 Å². The average Bonchev–Trinajstić information content (AvgIpc) is 3.12. The van der Waals surface area contributed by atoms with E-state index in [0.717, 1.165) is 25.8 Å². The summed E-state index contributed by atoms with van der Waals surface area (Å²) < 4.78 is 5.26. The Morgan fingerprint density at radius 2 is 1.88 bits per heavy atom. The van der Waals surface area contributed by atoms with Crippen molar-refractivity contribution in [3.8, 4) is 0 Å². The van der Waals surface area contributed by atoms with Crippen LogP contribution < -0.4 is 0 Å². The summed E-state index contributed by atoms with van der Waals surface area (Å²) in [5.74, 6) is 0.680. The molecule has 1 aromatic heterocycles. The van der Waals surface area contributed by atoms with Crippen LogP contribution in [-0.2, 0) is 17.8 Å². The Kier molecular flexibility index (Phi) is 4.53. The van der Waals surface area contributed by atoms with E-state index < -0.39 is 0 Å². The predicted octanol–water partition coefficient (Wildman–Crippen LogP) is 3.03. The predicted molar refractivity (Wildman–Crippen MR) is 97.6 cm³/mol. The van der Waals surface area contributed by atoms with Gasteiger partial charge in [-0.05, 0) is 43.4 Å². The molecule has 5 nitrogen and oxygen atoms in total. The highest BCUT2D eigenvalue weighted by atomic mass is 16.3. The third kappa shape index (κ3) is 3.14. The Hall–Kier alpha value is -2.56. The van der Waals surface area contributed by atoms with E-state index in [9.17, 15) is 9.59 Å². The number of furan rings is 1. The van der Waals surface area contributed by atoms with Gasteiger partial charge in [-0.3, -0.25) is 9.59 Å². The van der Waals surface area contributed by atoms with Crippen molar-refractivity contribution in [1.82, 2.24) is 9.80 Å². The van der Waals surface area contributed by atoms with Crippen LogP contribution in [0, 0.1) is 12.8 Å². The van der Waals surface area contributed by atoms with Crippen LogP contribution in [0.1, 0.15) is 40.1 Å². The molecule has 0 spiro atoms. The highest BCUT2D eigenvalue weighted by Gasteiger charge is 2.33. The maximum absolute atomic E-state index is 13.1. The molecule has 1 saturated heterocycles. The first-order valence-electron chi connectivity index (χ1n) is 9.32. The van der Waals surface area contributed by atoms with Gasteiger partial charge in [0.15, 0.2) is 0 Å². The van der Waals surface area contributed by atoms with E-state index in [0.29, 0.717) is 31.0 Å². The van der Waals surface area contributed by atoms with Crippen molar-refractivity contribution in [2.75, 3.05) is 19.6 Å². The lowest BCUT2D eigenvalue weighted by atomic mass is 9.93. The molecule has 2 aliphatic heterocycles. The molecule has 0 N–H and O–H groups in total. The quantitative estimate of drug-likeness (QED) is 0.835. The average molecular weight is 352 g/mol. The summed E-state index contributed by atoms with van der Waals surface area (Å²) in [4.78, 5) is 29.6. The third-order valence-corrected chi connectivity index (χ3v) is 5.59. The van der Waals surface area contributed by atoms with Crippen molar-refractivity contribution in [2.45, 2.75) is 32.7 Å². The van der Waals surface area contributed by atoms with Crippen LogP contribution in [0.3, 0.4) is 0 Å². The molecule has 136 valence electrons. The van der Waals surface area contributed by atoms with Crippen molar-refractivity contribution in [3.05, 3.63) is 59.0 Å². The van der Waals surface area contributed by atoms with E-state index >= 15 is 0 Å². The molecule has 1 atom stereocenters. The fraction of sp³-hybridized carbons (Fsp3) is 0.429. The Labute approximate surface area is 153 Å². The first-order chi connectivity index (χ1) is 12.6. The molecule has 4 rings (SSSR count). The van der Waals surface area contributed by atoms with Crippen LogP contribution in [-0.4, -0.2) is 41.2 Å². The van der Waals surface area contributed by atoms with Gasteiger partial charge in [-0.25, -0.2) is 0 Å². The summed E-state index contributed by atoms with van der Waals surface area (Å²) in [7, 11) is 0. The summed E-state index contributed by atoms with van der Waals surface area (Å²) in [6, 6.07) is 10.0. The van der Waals surface area contributed by atoms with E-state index in [1.807, 2.05) is 15.9 Å². The normalized spacial score (nSPS) is 20.0. The number of amides is 2. The minimum atomic E-state index is -0.106. The van der Waals surface area contributed by atoms with Crippen LogP contribution in [0.2, 0.25) is 0 Å². The van der Waals surface area contributed by atoms with Gasteiger partial charge in [0.25, 0.3) is 5.91 Å². The lowest BCUT2D eigenvalue weighted by molar-refractivity contribution is -0.137. The van der Waals surface area contributed by atoms with E-state index in [2.05, 4.69) is 18.2 Å². The lowest BCUT2D eigenvalue weighted by Crippen LogP contribution is -2.47. The molecule has 3 heterocycles. The standard InChI is InChI=1S/C21H24N2O3/c1-15-19(9-12-26-15)21(25)22-10-4-7-18(14-22)20(24)23-11-8-16-5-2-3-6-17(16)13-23/h2-3,5-6,9,12,18H,4,7-8,10-11,13-14H2,1H3/t18-/m0/s1. The molecule has 26 heavy (non-hydrogen) atoms. The molecule has 0 aliphatic carbocycles. The molecular formula is C21H24N2O3. The number of fused-ring (bicyclic) bond motifs is 1. The van der Waals surface area contributed by atoms with Gasteiger partial charge in [0.2, 0.25) is 5.91 Å².